The molecular formula is C14H10BrClO2S. The molecule has 5 heteroatoms. The van der Waals surface area contributed by atoms with E-state index in [1.807, 2.05) is 37.3 Å². The lowest BCUT2D eigenvalue weighted by Crippen LogP contribution is -1.93. The summed E-state index contributed by atoms with van der Waals surface area (Å²) in [6, 6.07) is 9.62. The van der Waals surface area contributed by atoms with Crippen LogP contribution >= 0.6 is 38.9 Å². The molecule has 0 spiro atoms. The average Bonchev–Trinajstić information content (AvgIpc) is 2.94. The number of para-hydroxylation sites is 1. The predicted octanol–water partition coefficient (Wildman–Crippen LogP) is 5.30. The van der Waals surface area contributed by atoms with Crippen LogP contribution in [-0.2, 0) is 0 Å². The summed E-state index contributed by atoms with van der Waals surface area (Å²) in [6.07, 6.45) is -0.791. The Hall–Kier alpha value is -0.810. The van der Waals surface area contributed by atoms with E-state index < -0.39 is 6.10 Å². The Balaban J connectivity index is 2.06. The Morgan fingerprint density at radius 2 is 2.16 bits per heavy atom. The maximum atomic E-state index is 10.4. The molecule has 2 heterocycles. The fraction of sp³-hybridized carbons (Fsp3) is 0.143. The number of aliphatic hydroxyl groups excluding tert-OH is 1. The van der Waals surface area contributed by atoms with Crippen LogP contribution in [0.5, 0.6) is 0 Å². The van der Waals surface area contributed by atoms with Crippen LogP contribution in [0.2, 0.25) is 4.34 Å². The Bertz CT molecular complexity index is 728. The van der Waals surface area contributed by atoms with Gasteiger partial charge in [-0.05, 0) is 40.5 Å². The van der Waals surface area contributed by atoms with Gasteiger partial charge in [-0.2, -0.15) is 0 Å². The lowest BCUT2D eigenvalue weighted by atomic mass is 10.1. The highest BCUT2D eigenvalue weighted by Crippen LogP contribution is 2.38. The third kappa shape index (κ3) is 2.34. The zero-order valence-corrected chi connectivity index (χ0v) is 13.1. The van der Waals surface area contributed by atoms with Crippen LogP contribution in [0.25, 0.3) is 11.0 Å². The van der Waals surface area contributed by atoms with Crippen molar-refractivity contribution in [1.82, 2.24) is 0 Å². The van der Waals surface area contributed by atoms with Gasteiger partial charge in [-0.25, -0.2) is 0 Å². The number of halogens is 2. The molecule has 2 nitrogen and oxygen atoms in total. The lowest BCUT2D eigenvalue weighted by Gasteiger charge is -2.03. The second kappa shape index (κ2) is 4.94. The SMILES string of the molecule is Cc1cccc2cc(C(O)c3cc(Br)c(Cl)s3)oc12. The fourth-order valence-corrected chi connectivity index (χ4v) is 3.73. The van der Waals surface area contributed by atoms with Crippen molar-refractivity contribution < 1.29 is 9.52 Å². The highest BCUT2D eigenvalue weighted by molar-refractivity contribution is 9.10. The minimum Gasteiger partial charge on any atom is -0.458 e. The molecule has 0 aliphatic carbocycles. The van der Waals surface area contributed by atoms with E-state index >= 15 is 0 Å². The number of hydrogen-bond donors (Lipinski definition) is 1. The van der Waals surface area contributed by atoms with Gasteiger partial charge in [0.2, 0.25) is 0 Å². The molecule has 0 aliphatic rings. The van der Waals surface area contributed by atoms with Crippen LogP contribution < -0.4 is 0 Å². The van der Waals surface area contributed by atoms with Gasteiger partial charge in [0, 0.05) is 14.7 Å². The Kier molecular flexibility index (Phi) is 3.43. The van der Waals surface area contributed by atoms with E-state index in [9.17, 15) is 5.11 Å². The highest BCUT2D eigenvalue weighted by Gasteiger charge is 2.19. The van der Waals surface area contributed by atoms with Crippen molar-refractivity contribution in [2.24, 2.45) is 0 Å². The van der Waals surface area contributed by atoms with E-state index in [1.165, 1.54) is 11.3 Å². The van der Waals surface area contributed by atoms with Crippen molar-refractivity contribution in [2.45, 2.75) is 13.0 Å². The third-order valence-corrected chi connectivity index (χ3v) is 5.49. The molecule has 3 aromatic rings. The molecule has 1 aromatic carbocycles. The van der Waals surface area contributed by atoms with Crippen LogP contribution in [-0.4, -0.2) is 5.11 Å². The van der Waals surface area contributed by atoms with Crippen molar-refractivity contribution in [3.63, 3.8) is 0 Å². The van der Waals surface area contributed by atoms with Gasteiger partial charge >= 0.3 is 0 Å². The molecule has 0 radical (unpaired) electrons. The van der Waals surface area contributed by atoms with Gasteiger partial charge in [0.15, 0.2) is 0 Å². The molecule has 1 atom stereocenters. The summed E-state index contributed by atoms with van der Waals surface area (Å²) in [5, 5.41) is 11.4. The number of thiophene rings is 1. The van der Waals surface area contributed by atoms with Crippen molar-refractivity contribution >= 4 is 49.8 Å². The first-order valence-corrected chi connectivity index (χ1v) is 7.67. The quantitative estimate of drug-likeness (QED) is 0.675. The highest BCUT2D eigenvalue weighted by atomic mass is 79.9. The zero-order chi connectivity index (χ0) is 13.6. The van der Waals surface area contributed by atoms with E-state index in [4.69, 9.17) is 16.0 Å². The van der Waals surface area contributed by atoms with Crippen molar-refractivity contribution in [1.29, 1.82) is 0 Å². The molecule has 0 amide bonds. The summed E-state index contributed by atoms with van der Waals surface area (Å²) in [6.45, 7) is 1.99. The van der Waals surface area contributed by atoms with Gasteiger partial charge in [-0.15, -0.1) is 11.3 Å². The summed E-state index contributed by atoms with van der Waals surface area (Å²) in [4.78, 5) is 0.758. The van der Waals surface area contributed by atoms with Gasteiger partial charge in [-0.1, -0.05) is 29.8 Å². The number of aliphatic hydroxyl groups is 1. The van der Waals surface area contributed by atoms with Crippen LogP contribution in [0, 0.1) is 6.92 Å². The maximum absolute atomic E-state index is 10.4. The first-order chi connectivity index (χ1) is 9.06. The number of hydrogen-bond acceptors (Lipinski definition) is 3. The average molecular weight is 358 g/mol. The summed E-state index contributed by atoms with van der Waals surface area (Å²) in [7, 11) is 0. The number of benzene rings is 1. The molecule has 1 unspecified atom stereocenters. The van der Waals surface area contributed by atoms with E-state index in [0.717, 1.165) is 25.9 Å². The maximum Gasteiger partial charge on any atom is 0.146 e. The molecule has 0 bridgehead atoms. The van der Waals surface area contributed by atoms with E-state index in [2.05, 4.69) is 15.9 Å². The van der Waals surface area contributed by atoms with Gasteiger partial charge in [0.1, 0.15) is 21.8 Å². The Labute approximate surface area is 127 Å². The minimum atomic E-state index is -0.791. The second-order valence-corrected chi connectivity index (χ2v) is 6.86. The number of rotatable bonds is 2. The third-order valence-electron chi connectivity index (χ3n) is 2.96. The first kappa shape index (κ1) is 13.2. The summed E-state index contributed by atoms with van der Waals surface area (Å²) >= 11 is 10.7. The van der Waals surface area contributed by atoms with E-state index in [0.29, 0.717) is 10.1 Å². The largest absolute Gasteiger partial charge is 0.458 e. The van der Waals surface area contributed by atoms with Crippen LogP contribution in [0.15, 0.2) is 39.2 Å². The predicted molar refractivity (Wildman–Crippen MR) is 82.0 cm³/mol. The molecule has 0 saturated carbocycles. The normalized spacial score (nSPS) is 13.1. The molecule has 0 saturated heterocycles. The first-order valence-electron chi connectivity index (χ1n) is 5.68. The minimum absolute atomic E-state index is 0.537. The lowest BCUT2D eigenvalue weighted by molar-refractivity contribution is 0.196. The van der Waals surface area contributed by atoms with Crippen molar-refractivity contribution in [2.75, 3.05) is 0 Å². The number of aryl methyl sites for hydroxylation is 1. The van der Waals surface area contributed by atoms with Crippen LogP contribution in [0.3, 0.4) is 0 Å². The van der Waals surface area contributed by atoms with Gasteiger partial charge in [0.05, 0.1) is 0 Å². The monoisotopic (exact) mass is 356 g/mol. The molecule has 1 N–H and O–H groups in total. The topological polar surface area (TPSA) is 33.4 Å². The number of furan rings is 1. The summed E-state index contributed by atoms with van der Waals surface area (Å²) < 4.78 is 7.18. The molecule has 2 aromatic heterocycles. The zero-order valence-electron chi connectivity index (χ0n) is 9.98. The van der Waals surface area contributed by atoms with Gasteiger partial charge in [-0.3, -0.25) is 0 Å². The van der Waals surface area contributed by atoms with Crippen LogP contribution in [0.4, 0.5) is 0 Å². The number of fused-ring (bicyclic) bond motifs is 1. The van der Waals surface area contributed by atoms with Crippen molar-refractivity contribution in [3.05, 3.63) is 55.3 Å². The van der Waals surface area contributed by atoms with Crippen molar-refractivity contribution in [3.8, 4) is 0 Å². The molecule has 3 rings (SSSR count). The Morgan fingerprint density at radius 3 is 2.79 bits per heavy atom. The molecule has 0 aliphatic heterocycles. The molecule has 19 heavy (non-hydrogen) atoms. The van der Waals surface area contributed by atoms with E-state index in [1.54, 1.807) is 0 Å². The van der Waals surface area contributed by atoms with E-state index in [-0.39, 0.29) is 0 Å². The summed E-state index contributed by atoms with van der Waals surface area (Å²) in [5.74, 6) is 0.537. The smallest absolute Gasteiger partial charge is 0.146 e. The van der Waals surface area contributed by atoms with Crippen LogP contribution in [0.1, 0.15) is 22.3 Å². The van der Waals surface area contributed by atoms with Gasteiger partial charge in [0.25, 0.3) is 0 Å². The second-order valence-electron chi connectivity index (χ2n) is 4.31. The summed E-state index contributed by atoms with van der Waals surface area (Å²) in [5.41, 5.74) is 1.87. The molecule has 98 valence electrons. The Morgan fingerprint density at radius 1 is 1.37 bits per heavy atom. The van der Waals surface area contributed by atoms with Gasteiger partial charge < -0.3 is 9.52 Å². The molecule has 0 fully saturated rings. The molecular weight excluding hydrogens is 348 g/mol. The standard InChI is InChI=1S/C14H10BrClO2S/c1-7-3-2-4-8-5-10(18-13(7)8)12(17)11-6-9(15)14(16)19-11/h2-6,12,17H,1H3. The fourth-order valence-electron chi connectivity index (χ4n) is 2.00.